The van der Waals surface area contributed by atoms with Crippen molar-refractivity contribution >= 4 is 13.7 Å². The Morgan fingerprint density at radius 1 is 0.466 bits per heavy atom. The van der Waals surface area contributed by atoms with E-state index < -0.39 is 20.0 Å². The third-order valence-electron chi connectivity index (χ3n) is 14.3. The van der Waals surface area contributed by atoms with Crippen LogP contribution < -0.4 is 5.32 Å². The molecule has 0 aliphatic heterocycles. The zero-order chi connectivity index (χ0) is 53.5. The summed E-state index contributed by atoms with van der Waals surface area (Å²) in [4.78, 5) is 23.3. The second kappa shape index (κ2) is 55.2. The van der Waals surface area contributed by atoms with Crippen LogP contribution in [-0.4, -0.2) is 73.4 Å². The van der Waals surface area contributed by atoms with Crippen molar-refractivity contribution in [3.63, 3.8) is 0 Å². The number of phosphoric acid groups is 1. The first-order valence-electron chi connectivity index (χ1n) is 31.5. The number of nitrogens with one attached hydrogen (secondary N) is 1. The fraction of sp³-hybridized carbons (Fsp3) is 0.859. The zero-order valence-corrected chi connectivity index (χ0v) is 50.0. The lowest BCUT2D eigenvalue weighted by molar-refractivity contribution is -0.870. The molecular formula is C64H124N2O6P+. The summed E-state index contributed by atoms with van der Waals surface area (Å²) in [5.74, 6) is -0.185. The van der Waals surface area contributed by atoms with Crippen LogP contribution in [0.25, 0.3) is 0 Å². The van der Waals surface area contributed by atoms with E-state index in [1.54, 1.807) is 6.08 Å². The number of nitrogens with zero attached hydrogens (tertiary/aromatic N) is 1. The molecule has 0 aliphatic carbocycles. The normalized spacial score (nSPS) is 14.1. The molecule has 1 amide bonds. The minimum absolute atomic E-state index is 0.0560. The number of carbonyl (C=O) groups is 1. The van der Waals surface area contributed by atoms with Crippen LogP contribution in [0.1, 0.15) is 303 Å². The molecule has 0 fully saturated rings. The van der Waals surface area contributed by atoms with Gasteiger partial charge in [0, 0.05) is 6.42 Å². The topological polar surface area (TPSA) is 105 Å². The molecule has 0 saturated carbocycles. The first-order chi connectivity index (χ1) is 35.5. The van der Waals surface area contributed by atoms with Gasteiger partial charge in [-0.3, -0.25) is 13.8 Å². The molecule has 0 radical (unpaired) electrons. The number of aliphatic hydroxyl groups is 1. The SMILES string of the molecule is CCCCCCCCCCC/C=C\C/C=C\CCCCCCCCCCCCCCCC(=O)NC(COP(=O)(O)OCC[N+](C)(C)C)C(O)/C=C/CC/C=C/CCCCCCCCCCCCCCCCCC. The minimum atomic E-state index is -4.36. The van der Waals surface area contributed by atoms with E-state index in [1.807, 2.05) is 27.2 Å². The average molecular weight is 1050 g/mol. The van der Waals surface area contributed by atoms with E-state index in [1.165, 1.54) is 238 Å². The van der Waals surface area contributed by atoms with Crippen LogP contribution in [0.3, 0.4) is 0 Å². The molecule has 73 heavy (non-hydrogen) atoms. The maximum Gasteiger partial charge on any atom is 0.472 e. The molecular weight excluding hydrogens is 924 g/mol. The number of carbonyl (C=O) groups excluding carboxylic acids is 1. The molecule has 3 unspecified atom stereocenters. The summed E-state index contributed by atoms with van der Waals surface area (Å²) in [5.41, 5.74) is 0. The third kappa shape index (κ3) is 58.0. The van der Waals surface area contributed by atoms with Crippen LogP contribution in [0.15, 0.2) is 48.6 Å². The number of unbranched alkanes of at least 4 members (excludes halogenated alkanes) is 39. The smallest absolute Gasteiger partial charge is 0.387 e. The van der Waals surface area contributed by atoms with Gasteiger partial charge >= 0.3 is 7.82 Å². The largest absolute Gasteiger partial charge is 0.472 e. The Labute approximate surface area is 454 Å². The number of phosphoric ester groups is 1. The highest BCUT2D eigenvalue weighted by Gasteiger charge is 2.27. The van der Waals surface area contributed by atoms with E-state index in [2.05, 4.69) is 55.6 Å². The van der Waals surface area contributed by atoms with Crippen molar-refractivity contribution in [1.82, 2.24) is 5.32 Å². The fourth-order valence-electron chi connectivity index (χ4n) is 9.33. The van der Waals surface area contributed by atoms with Crippen molar-refractivity contribution in [1.29, 1.82) is 0 Å². The minimum Gasteiger partial charge on any atom is -0.387 e. The highest BCUT2D eigenvalue weighted by atomic mass is 31.2. The van der Waals surface area contributed by atoms with Crippen molar-refractivity contribution < 1.29 is 32.9 Å². The molecule has 0 spiro atoms. The lowest BCUT2D eigenvalue weighted by Gasteiger charge is -2.25. The first kappa shape index (κ1) is 71.5. The Morgan fingerprint density at radius 2 is 0.795 bits per heavy atom. The Hall–Kier alpha value is -1.54. The highest BCUT2D eigenvalue weighted by Crippen LogP contribution is 2.43. The summed E-state index contributed by atoms with van der Waals surface area (Å²) in [6, 6.07) is -0.865. The van der Waals surface area contributed by atoms with Crippen LogP contribution in [0.2, 0.25) is 0 Å². The van der Waals surface area contributed by atoms with Crippen LogP contribution in [0.4, 0.5) is 0 Å². The molecule has 3 atom stereocenters. The van der Waals surface area contributed by atoms with Gasteiger partial charge in [-0.2, -0.15) is 0 Å². The molecule has 9 heteroatoms. The predicted octanol–water partition coefficient (Wildman–Crippen LogP) is 19.5. The average Bonchev–Trinajstić information content (AvgIpc) is 3.35. The van der Waals surface area contributed by atoms with Crippen molar-refractivity contribution in [2.24, 2.45) is 0 Å². The summed E-state index contributed by atoms with van der Waals surface area (Å²) in [6.07, 6.45) is 73.8. The summed E-state index contributed by atoms with van der Waals surface area (Å²) in [6.45, 7) is 4.83. The number of hydrogen-bond donors (Lipinski definition) is 3. The Kier molecular flexibility index (Phi) is 54.1. The van der Waals surface area contributed by atoms with E-state index >= 15 is 0 Å². The maximum atomic E-state index is 13.0. The number of rotatable bonds is 58. The van der Waals surface area contributed by atoms with Crippen molar-refractivity contribution in [2.75, 3.05) is 40.9 Å². The Balaban J connectivity index is 4.17. The summed E-state index contributed by atoms with van der Waals surface area (Å²) in [7, 11) is 1.56. The molecule has 430 valence electrons. The molecule has 8 nitrogen and oxygen atoms in total. The second-order valence-corrected chi connectivity index (χ2v) is 24.2. The monoisotopic (exact) mass is 1050 g/mol. The van der Waals surface area contributed by atoms with E-state index in [0.29, 0.717) is 17.4 Å². The van der Waals surface area contributed by atoms with E-state index in [9.17, 15) is 19.4 Å². The van der Waals surface area contributed by atoms with Crippen molar-refractivity contribution in [3.05, 3.63) is 48.6 Å². The second-order valence-electron chi connectivity index (χ2n) is 22.8. The van der Waals surface area contributed by atoms with Gasteiger partial charge in [0.05, 0.1) is 39.9 Å². The van der Waals surface area contributed by atoms with Gasteiger partial charge in [-0.15, -0.1) is 0 Å². The summed E-state index contributed by atoms with van der Waals surface area (Å²) < 4.78 is 23.7. The molecule has 0 aliphatic rings. The molecule has 0 aromatic carbocycles. The van der Waals surface area contributed by atoms with Gasteiger partial charge in [-0.1, -0.05) is 281 Å². The third-order valence-corrected chi connectivity index (χ3v) is 15.3. The van der Waals surface area contributed by atoms with Gasteiger partial charge in [0.25, 0.3) is 0 Å². The number of aliphatic hydroxyl groups excluding tert-OH is 1. The number of allylic oxidation sites excluding steroid dienone is 7. The standard InChI is InChI=1S/C64H123N2O6P/c1-6-8-10-12-14-16-18-20-22-24-26-28-30-31-32-33-34-35-36-38-40-42-44-46-48-50-52-54-56-58-64(68)65-62(61-72-73(69,70)71-60-59-66(3,4)5)63(67)57-55-53-51-49-47-45-43-41-39-37-29-27-25-23-21-19-17-15-13-11-9-7-2/h26,28,31-32,47,49,55,57,62-63,67H,6-25,27,29-30,33-46,48,50-54,56,58-61H2,1-5H3,(H-,65,68,69,70)/p+1/b28-26-,32-31-,49-47+,57-55+. The molecule has 0 bridgehead atoms. The first-order valence-corrected chi connectivity index (χ1v) is 33.0. The number of likely N-dealkylation sites (N-methyl/N-ethyl adjacent to an activating group) is 1. The molecule has 3 N–H and O–H groups in total. The van der Waals surface area contributed by atoms with Crippen LogP contribution in [-0.2, 0) is 18.4 Å². The van der Waals surface area contributed by atoms with E-state index in [-0.39, 0.29) is 19.1 Å². The van der Waals surface area contributed by atoms with Gasteiger partial charge in [-0.25, -0.2) is 4.57 Å². The quantitative estimate of drug-likeness (QED) is 0.0243. The number of amides is 1. The molecule has 0 aromatic rings. The zero-order valence-electron chi connectivity index (χ0n) is 49.1. The van der Waals surface area contributed by atoms with Gasteiger partial charge < -0.3 is 19.8 Å². The molecule has 0 rings (SSSR count). The van der Waals surface area contributed by atoms with E-state index in [4.69, 9.17) is 9.05 Å². The lowest BCUT2D eigenvalue weighted by Crippen LogP contribution is -2.45. The maximum absolute atomic E-state index is 13.0. The number of hydrogen-bond acceptors (Lipinski definition) is 5. The lowest BCUT2D eigenvalue weighted by atomic mass is 10.0. The van der Waals surface area contributed by atoms with Crippen molar-refractivity contribution in [2.45, 2.75) is 315 Å². The highest BCUT2D eigenvalue weighted by molar-refractivity contribution is 7.47. The van der Waals surface area contributed by atoms with Crippen LogP contribution in [0.5, 0.6) is 0 Å². The predicted molar refractivity (Wildman–Crippen MR) is 318 cm³/mol. The molecule has 0 heterocycles. The Morgan fingerprint density at radius 3 is 1.18 bits per heavy atom. The van der Waals surface area contributed by atoms with Crippen molar-refractivity contribution in [3.8, 4) is 0 Å². The van der Waals surface area contributed by atoms with Crippen LogP contribution in [0, 0.1) is 0 Å². The number of quaternary nitrogens is 1. The van der Waals surface area contributed by atoms with Gasteiger partial charge in [-0.05, 0) is 64.2 Å². The van der Waals surface area contributed by atoms with E-state index in [0.717, 1.165) is 44.9 Å². The summed E-state index contributed by atoms with van der Waals surface area (Å²) in [5, 5.41) is 13.9. The van der Waals surface area contributed by atoms with Gasteiger partial charge in [0.2, 0.25) is 5.91 Å². The van der Waals surface area contributed by atoms with Gasteiger partial charge in [0.1, 0.15) is 13.2 Å². The van der Waals surface area contributed by atoms with Crippen LogP contribution >= 0.6 is 7.82 Å². The summed E-state index contributed by atoms with van der Waals surface area (Å²) >= 11 is 0. The fourth-order valence-corrected chi connectivity index (χ4v) is 10.1. The molecule has 0 aromatic heterocycles. The Bertz CT molecular complexity index is 1330. The van der Waals surface area contributed by atoms with Gasteiger partial charge in [0.15, 0.2) is 0 Å². The molecule has 0 saturated heterocycles.